The van der Waals surface area contributed by atoms with Crippen LogP contribution in [0.2, 0.25) is 0 Å². The van der Waals surface area contributed by atoms with Gasteiger partial charge in [0.1, 0.15) is 0 Å². The molecule has 2 unspecified atom stereocenters. The third-order valence-corrected chi connectivity index (χ3v) is 4.73. The summed E-state index contributed by atoms with van der Waals surface area (Å²) in [4.78, 5) is 4.67. The van der Waals surface area contributed by atoms with Crippen LogP contribution in [0.15, 0.2) is 79.0 Å². The Bertz CT molecular complexity index is 749. The zero-order valence-corrected chi connectivity index (χ0v) is 12.5. The molecule has 0 N–H and O–H groups in total. The molecule has 0 radical (unpaired) electrons. The van der Waals surface area contributed by atoms with E-state index in [9.17, 15) is 0 Å². The second kappa shape index (κ2) is 5.76. The fourth-order valence-corrected chi connectivity index (χ4v) is 3.65. The van der Waals surface area contributed by atoms with Crippen LogP contribution in [0.25, 0.3) is 0 Å². The van der Waals surface area contributed by atoms with E-state index in [1.807, 2.05) is 6.20 Å². The van der Waals surface area contributed by atoms with Crippen LogP contribution in [0, 0.1) is 0 Å². The number of pyridine rings is 1. The van der Waals surface area contributed by atoms with Gasteiger partial charge < -0.3 is 0 Å². The van der Waals surface area contributed by atoms with Gasteiger partial charge in [-0.1, -0.05) is 66.7 Å². The summed E-state index contributed by atoms with van der Waals surface area (Å²) in [5.74, 6) is 0.998. The van der Waals surface area contributed by atoms with Gasteiger partial charge in [0, 0.05) is 17.8 Å². The largest absolute Gasteiger partial charge is 0.261 e. The second-order valence-electron chi connectivity index (χ2n) is 6.05. The molecule has 0 fully saturated rings. The van der Waals surface area contributed by atoms with Crippen LogP contribution in [0.3, 0.4) is 0 Å². The summed E-state index contributed by atoms with van der Waals surface area (Å²) in [6, 6.07) is 26.0. The Balaban J connectivity index is 1.77. The second-order valence-corrected chi connectivity index (χ2v) is 6.05. The molecule has 1 aromatic heterocycles. The summed E-state index contributed by atoms with van der Waals surface area (Å²) in [5, 5.41) is 0. The molecule has 1 heterocycles. The number of hydrogen-bond acceptors (Lipinski definition) is 1. The van der Waals surface area contributed by atoms with Gasteiger partial charge in [-0.3, -0.25) is 4.98 Å². The van der Waals surface area contributed by atoms with Crippen molar-refractivity contribution in [1.29, 1.82) is 0 Å². The predicted octanol–water partition coefficient (Wildman–Crippen LogP) is 4.94. The van der Waals surface area contributed by atoms with Crippen LogP contribution in [-0.4, -0.2) is 4.98 Å². The lowest BCUT2D eigenvalue weighted by Crippen LogP contribution is -2.19. The summed E-state index contributed by atoms with van der Waals surface area (Å²) in [6.07, 6.45) is 4.13. The minimum Gasteiger partial charge on any atom is -0.261 e. The van der Waals surface area contributed by atoms with Crippen LogP contribution >= 0.6 is 0 Å². The number of aromatic nitrogens is 1. The van der Waals surface area contributed by atoms with Gasteiger partial charge in [-0.05, 0) is 41.5 Å². The quantitative estimate of drug-likeness (QED) is 0.649. The molecule has 108 valence electrons. The average Bonchev–Trinajstić information content (AvgIpc) is 2.62. The number of nitrogens with zero attached hydrogens (tertiary/aromatic N) is 1. The fourth-order valence-electron chi connectivity index (χ4n) is 3.65. The van der Waals surface area contributed by atoms with E-state index in [2.05, 4.69) is 77.8 Å². The molecule has 2 atom stereocenters. The van der Waals surface area contributed by atoms with E-state index in [1.165, 1.54) is 22.4 Å². The maximum absolute atomic E-state index is 4.67. The summed E-state index contributed by atoms with van der Waals surface area (Å²) in [7, 11) is 0. The highest BCUT2D eigenvalue weighted by atomic mass is 14.7. The Morgan fingerprint density at radius 2 is 1.41 bits per heavy atom. The molecule has 1 nitrogen and oxygen atoms in total. The van der Waals surface area contributed by atoms with E-state index in [-0.39, 0.29) is 0 Å². The average molecular weight is 285 g/mol. The van der Waals surface area contributed by atoms with Crippen molar-refractivity contribution in [2.24, 2.45) is 0 Å². The Morgan fingerprint density at radius 1 is 0.727 bits per heavy atom. The van der Waals surface area contributed by atoms with Gasteiger partial charge >= 0.3 is 0 Å². The molecule has 1 heteroatoms. The van der Waals surface area contributed by atoms with Crippen molar-refractivity contribution in [3.05, 3.63) is 101 Å². The summed E-state index contributed by atoms with van der Waals surface area (Å²) in [5.41, 5.74) is 5.49. The molecule has 1 aliphatic rings. The molecule has 4 rings (SSSR count). The van der Waals surface area contributed by atoms with Gasteiger partial charge in [-0.2, -0.15) is 0 Å². The van der Waals surface area contributed by atoms with E-state index < -0.39 is 0 Å². The van der Waals surface area contributed by atoms with Crippen molar-refractivity contribution in [3.63, 3.8) is 0 Å². The minimum atomic E-state index is 0.448. The van der Waals surface area contributed by atoms with Crippen LogP contribution < -0.4 is 0 Å². The number of benzene rings is 2. The van der Waals surface area contributed by atoms with Crippen molar-refractivity contribution >= 4 is 0 Å². The number of rotatable bonds is 2. The van der Waals surface area contributed by atoms with Crippen LogP contribution in [-0.2, 0) is 6.42 Å². The van der Waals surface area contributed by atoms with E-state index in [4.69, 9.17) is 0 Å². The van der Waals surface area contributed by atoms with Gasteiger partial charge in [0.15, 0.2) is 0 Å². The third kappa shape index (κ3) is 2.43. The maximum atomic E-state index is 4.67. The summed E-state index contributed by atoms with van der Waals surface area (Å²) >= 11 is 0. The van der Waals surface area contributed by atoms with Crippen LogP contribution in [0.4, 0.5) is 0 Å². The molecule has 0 amide bonds. The first-order chi connectivity index (χ1) is 10.9. The lowest BCUT2D eigenvalue weighted by Gasteiger charge is -2.31. The smallest absolute Gasteiger partial charge is 0.0447 e. The minimum absolute atomic E-state index is 0.448. The van der Waals surface area contributed by atoms with Gasteiger partial charge in [-0.15, -0.1) is 0 Å². The highest BCUT2D eigenvalue weighted by Gasteiger charge is 2.29. The first kappa shape index (κ1) is 13.3. The van der Waals surface area contributed by atoms with Crippen molar-refractivity contribution in [2.75, 3.05) is 0 Å². The monoisotopic (exact) mass is 285 g/mol. The van der Waals surface area contributed by atoms with E-state index >= 15 is 0 Å². The number of hydrogen-bond donors (Lipinski definition) is 0. The highest BCUT2D eigenvalue weighted by molar-refractivity contribution is 5.39. The Morgan fingerprint density at radius 3 is 2.14 bits per heavy atom. The topological polar surface area (TPSA) is 12.9 Å². The molecular weight excluding hydrogens is 266 g/mol. The third-order valence-electron chi connectivity index (χ3n) is 4.73. The zero-order chi connectivity index (χ0) is 14.8. The summed E-state index contributed by atoms with van der Waals surface area (Å²) < 4.78 is 0. The molecule has 0 saturated heterocycles. The SMILES string of the molecule is c1ccc(C2Cc3ncccc3C(c3ccccc3)C2)cc1. The maximum Gasteiger partial charge on any atom is 0.0447 e. The molecule has 2 aromatic carbocycles. The first-order valence-corrected chi connectivity index (χ1v) is 7.95. The van der Waals surface area contributed by atoms with Crippen LogP contribution in [0.1, 0.15) is 40.6 Å². The standard InChI is InChI=1S/C21H19N/c1-3-8-16(9-4-1)18-14-20(17-10-5-2-6-11-17)19-12-7-13-22-21(19)15-18/h1-13,18,20H,14-15H2. The summed E-state index contributed by atoms with van der Waals surface area (Å²) in [6.45, 7) is 0. The Hall–Kier alpha value is -2.41. The molecule has 0 spiro atoms. The zero-order valence-electron chi connectivity index (χ0n) is 12.5. The first-order valence-electron chi connectivity index (χ1n) is 7.95. The van der Waals surface area contributed by atoms with Gasteiger partial charge in [0.2, 0.25) is 0 Å². The van der Waals surface area contributed by atoms with Crippen molar-refractivity contribution < 1.29 is 0 Å². The van der Waals surface area contributed by atoms with Crippen LogP contribution in [0.5, 0.6) is 0 Å². The van der Waals surface area contributed by atoms with Gasteiger partial charge in [-0.25, -0.2) is 0 Å². The van der Waals surface area contributed by atoms with Gasteiger partial charge in [0.05, 0.1) is 0 Å². The molecule has 3 aromatic rings. The molecule has 22 heavy (non-hydrogen) atoms. The Labute approximate surface area is 131 Å². The molecule has 1 aliphatic carbocycles. The molecule has 0 aliphatic heterocycles. The number of fused-ring (bicyclic) bond motifs is 1. The molecule has 0 bridgehead atoms. The van der Waals surface area contributed by atoms with Crippen molar-refractivity contribution in [3.8, 4) is 0 Å². The van der Waals surface area contributed by atoms with Crippen molar-refractivity contribution in [2.45, 2.75) is 24.7 Å². The Kier molecular flexibility index (Phi) is 3.48. The van der Waals surface area contributed by atoms with Gasteiger partial charge in [0.25, 0.3) is 0 Å². The van der Waals surface area contributed by atoms with E-state index in [0.29, 0.717) is 11.8 Å². The van der Waals surface area contributed by atoms with E-state index in [0.717, 1.165) is 12.8 Å². The molecule has 0 saturated carbocycles. The lowest BCUT2D eigenvalue weighted by atomic mass is 9.73. The predicted molar refractivity (Wildman–Crippen MR) is 90.0 cm³/mol. The van der Waals surface area contributed by atoms with E-state index in [1.54, 1.807) is 0 Å². The molecular formula is C21H19N. The highest BCUT2D eigenvalue weighted by Crippen LogP contribution is 2.42. The van der Waals surface area contributed by atoms with Crippen molar-refractivity contribution in [1.82, 2.24) is 4.98 Å². The fraction of sp³-hybridized carbons (Fsp3) is 0.190. The normalized spacial score (nSPS) is 20.4. The lowest BCUT2D eigenvalue weighted by molar-refractivity contribution is 0.526.